The van der Waals surface area contributed by atoms with Crippen LogP contribution < -0.4 is 4.90 Å². The van der Waals surface area contributed by atoms with E-state index in [1.807, 2.05) is 48.5 Å². The van der Waals surface area contributed by atoms with E-state index in [9.17, 15) is 9.59 Å². The molecule has 1 aliphatic carbocycles. The van der Waals surface area contributed by atoms with E-state index in [2.05, 4.69) is 0 Å². The lowest BCUT2D eigenvalue weighted by atomic mass is 10.0. The topological polar surface area (TPSA) is 46.6 Å². The predicted molar refractivity (Wildman–Crippen MR) is 106 cm³/mol. The Balaban J connectivity index is 1.43. The normalized spacial score (nSPS) is 15.9. The van der Waals surface area contributed by atoms with Gasteiger partial charge in [-0.25, -0.2) is 0 Å². The molecule has 5 heteroatoms. The molecule has 0 atom stereocenters. The number of carbonyl (C=O) groups is 2. The van der Waals surface area contributed by atoms with Gasteiger partial charge in [0.05, 0.1) is 11.4 Å². The van der Waals surface area contributed by atoms with E-state index in [1.165, 1.54) is 25.7 Å². The second kappa shape index (κ2) is 8.17. The molecular weight excluding hydrogens is 358 g/mol. The number of fused-ring (bicyclic) bond motifs is 2. The second-order valence-corrected chi connectivity index (χ2v) is 8.20. The Morgan fingerprint density at radius 1 is 0.963 bits per heavy atom. The van der Waals surface area contributed by atoms with Gasteiger partial charge < -0.3 is 4.74 Å². The number of amides is 1. The van der Waals surface area contributed by atoms with Crippen LogP contribution in [0.2, 0.25) is 0 Å². The molecule has 2 aromatic rings. The minimum absolute atomic E-state index is 0.218. The third kappa shape index (κ3) is 4.03. The number of benzene rings is 2. The molecule has 4 nitrogen and oxygen atoms in total. The lowest BCUT2D eigenvalue weighted by Gasteiger charge is -2.30. The Morgan fingerprint density at radius 2 is 1.56 bits per heavy atom. The molecule has 2 aliphatic rings. The average Bonchev–Trinajstić information content (AvgIpc) is 3.22. The van der Waals surface area contributed by atoms with E-state index in [0.717, 1.165) is 27.6 Å². The highest BCUT2D eigenvalue weighted by atomic mass is 32.2. The number of carbonyl (C=O) groups excluding carboxylic acids is 2. The maximum Gasteiger partial charge on any atom is 0.306 e. The van der Waals surface area contributed by atoms with Crippen LogP contribution in [0.15, 0.2) is 58.3 Å². The summed E-state index contributed by atoms with van der Waals surface area (Å²) in [6, 6.07) is 15.6. The van der Waals surface area contributed by atoms with Crippen LogP contribution in [0.5, 0.6) is 0 Å². The number of para-hydroxylation sites is 2. The summed E-state index contributed by atoms with van der Waals surface area (Å²) in [6.07, 6.45) is 6.24. The van der Waals surface area contributed by atoms with E-state index in [1.54, 1.807) is 16.7 Å². The van der Waals surface area contributed by atoms with Crippen LogP contribution in [0.4, 0.5) is 11.4 Å². The molecule has 1 fully saturated rings. The summed E-state index contributed by atoms with van der Waals surface area (Å²) in [4.78, 5) is 28.7. The van der Waals surface area contributed by atoms with Crippen LogP contribution in [0, 0.1) is 5.92 Å². The van der Waals surface area contributed by atoms with Gasteiger partial charge in [0.15, 0.2) is 6.61 Å². The predicted octanol–water partition coefficient (Wildman–Crippen LogP) is 5.33. The molecule has 0 aromatic heterocycles. The summed E-state index contributed by atoms with van der Waals surface area (Å²) in [6.45, 7) is -0.225. The Bertz CT molecular complexity index is 799. The van der Waals surface area contributed by atoms with Crippen LogP contribution in [-0.4, -0.2) is 18.5 Å². The SMILES string of the molecule is O=C(CCC1CCCC1)OCC(=O)N1c2ccccc2Sc2ccccc21. The van der Waals surface area contributed by atoms with Gasteiger partial charge in [-0.3, -0.25) is 14.5 Å². The van der Waals surface area contributed by atoms with Gasteiger partial charge in [0.25, 0.3) is 5.91 Å². The quantitative estimate of drug-likeness (QED) is 0.657. The molecule has 27 heavy (non-hydrogen) atoms. The van der Waals surface area contributed by atoms with E-state index in [-0.39, 0.29) is 18.5 Å². The van der Waals surface area contributed by atoms with Crippen molar-refractivity contribution < 1.29 is 14.3 Å². The molecule has 0 unspecified atom stereocenters. The fourth-order valence-corrected chi connectivity index (χ4v) is 4.93. The number of esters is 1. The number of rotatable bonds is 5. The van der Waals surface area contributed by atoms with Gasteiger partial charge in [-0.1, -0.05) is 61.7 Å². The minimum atomic E-state index is -0.275. The van der Waals surface area contributed by atoms with E-state index >= 15 is 0 Å². The van der Waals surface area contributed by atoms with Crippen LogP contribution >= 0.6 is 11.8 Å². The molecular formula is C22H23NO3S. The van der Waals surface area contributed by atoms with Crippen LogP contribution in [0.3, 0.4) is 0 Å². The number of anilines is 2. The maximum absolute atomic E-state index is 12.9. The standard InChI is InChI=1S/C22H23NO3S/c24-21(15-26-22(25)14-13-16-7-1-2-8-16)23-17-9-3-5-11-19(17)27-20-12-6-4-10-18(20)23/h3-6,9-12,16H,1-2,7-8,13-15H2. The lowest BCUT2D eigenvalue weighted by molar-refractivity contribution is -0.148. The van der Waals surface area contributed by atoms with Gasteiger partial charge in [0.1, 0.15) is 0 Å². The molecule has 140 valence electrons. The summed E-state index contributed by atoms with van der Waals surface area (Å²) in [5, 5.41) is 0. The molecule has 0 radical (unpaired) electrons. The van der Waals surface area contributed by atoms with E-state index in [4.69, 9.17) is 4.74 Å². The van der Waals surface area contributed by atoms with Crippen molar-refractivity contribution in [3.05, 3.63) is 48.5 Å². The second-order valence-electron chi connectivity index (χ2n) is 7.12. The van der Waals surface area contributed by atoms with Crippen molar-refractivity contribution >= 4 is 35.0 Å². The molecule has 0 spiro atoms. The van der Waals surface area contributed by atoms with Crippen molar-refractivity contribution in [1.82, 2.24) is 0 Å². The molecule has 1 saturated carbocycles. The minimum Gasteiger partial charge on any atom is -0.456 e. The summed E-state index contributed by atoms with van der Waals surface area (Å²) < 4.78 is 5.31. The Labute approximate surface area is 163 Å². The number of hydrogen-bond acceptors (Lipinski definition) is 4. The van der Waals surface area contributed by atoms with Gasteiger partial charge >= 0.3 is 5.97 Å². The molecule has 0 bridgehead atoms. The molecule has 1 aliphatic heterocycles. The highest BCUT2D eigenvalue weighted by molar-refractivity contribution is 7.99. The van der Waals surface area contributed by atoms with Crippen LogP contribution in [0.25, 0.3) is 0 Å². The first kappa shape index (κ1) is 18.1. The fraction of sp³-hybridized carbons (Fsp3) is 0.364. The number of ether oxygens (including phenoxy) is 1. The third-order valence-corrected chi connectivity index (χ3v) is 6.40. The van der Waals surface area contributed by atoms with Crippen molar-refractivity contribution in [2.75, 3.05) is 11.5 Å². The van der Waals surface area contributed by atoms with Crippen molar-refractivity contribution in [2.45, 2.75) is 48.3 Å². The van der Waals surface area contributed by atoms with Crippen molar-refractivity contribution in [2.24, 2.45) is 5.92 Å². The van der Waals surface area contributed by atoms with E-state index in [0.29, 0.717) is 12.3 Å². The molecule has 0 N–H and O–H groups in total. The first-order chi connectivity index (χ1) is 13.2. The van der Waals surface area contributed by atoms with Gasteiger partial charge in [0, 0.05) is 16.2 Å². The van der Waals surface area contributed by atoms with Crippen molar-refractivity contribution in [3.8, 4) is 0 Å². The number of hydrogen-bond donors (Lipinski definition) is 0. The summed E-state index contributed by atoms with van der Waals surface area (Å²) in [7, 11) is 0. The monoisotopic (exact) mass is 381 g/mol. The first-order valence-corrected chi connectivity index (χ1v) is 10.4. The molecule has 4 rings (SSSR count). The summed E-state index contributed by atoms with van der Waals surface area (Å²) in [5.74, 6) is 0.152. The number of nitrogens with zero attached hydrogens (tertiary/aromatic N) is 1. The maximum atomic E-state index is 12.9. The smallest absolute Gasteiger partial charge is 0.306 e. The molecule has 0 saturated heterocycles. The Kier molecular flexibility index (Phi) is 5.48. The first-order valence-electron chi connectivity index (χ1n) is 9.57. The Morgan fingerprint density at radius 3 is 2.19 bits per heavy atom. The molecule has 2 aromatic carbocycles. The zero-order chi connectivity index (χ0) is 18.6. The largest absolute Gasteiger partial charge is 0.456 e. The fourth-order valence-electron chi connectivity index (χ4n) is 3.87. The highest BCUT2D eigenvalue weighted by Gasteiger charge is 2.28. The molecule has 1 amide bonds. The van der Waals surface area contributed by atoms with Crippen molar-refractivity contribution in [1.29, 1.82) is 0 Å². The zero-order valence-corrected chi connectivity index (χ0v) is 16.0. The van der Waals surface area contributed by atoms with E-state index < -0.39 is 0 Å². The van der Waals surface area contributed by atoms with Crippen LogP contribution in [-0.2, 0) is 14.3 Å². The average molecular weight is 381 g/mol. The molecule has 1 heterocycles. The lowest BCUT2D eigenvalue weighted by Crippen LogP contribution is -2.32. The van der Waals surface area contributed by atoms with Crippen molar-refractivity contribution in [3.63, 3.8) is 0 Å². The van der Waals surface area contributed by atoms with Crippen LogP contribution in [0.1, 0.15) is 38.5 Å². The van der Waals surface area contributed by atoms with Gasteiger partial charge in [0.2, 0.25) is 0 Å². The van der Waals surface area contributed by atoms with Gasteiger partial charge in [-0.05, 0) is 36.6 Å². The summed E-state index contributed by atoms with van der Waals surface area (Å²) in [5.41, 5.74) is 1.68. The third-order valence-electron chi connectivity index (χ3n) is 5.27. The Hall–Kier alpha value is -2.27. The van der Waals surface area contributed by atoms with Gasteiger partial charge in [-0.2, -0.15) is 0 Å². The summed E-state index contributed by atoms with van der Waals surface area (Å²) >= 11 is 1.65. The highest BCUT2D eigenvalue weighted by Crippen LogP contribution is 2.47. The zero-order valence-electron chi connectivity index (χ0n) is 15.2. The van der Waals surface area contributed by atoms with Gasteiger partial charge in [-0.15, -0.1) is 0 Å².